The Morgan fingerprint density at radius 3 is 2.29 bits per heavy atom. The van der Waals surface area contributed by atoms with Gasteiger partial charge in [0.1, 0.15) is 0 Å². The number of rotatable bonds is 2. The first-order valence-electron chi connectivity index (χ1n) is 9.37. The molecule has 1 aromatic heterocycles. The van der Waals surface area contributed by atoms with E-state index in [2.05, 4.69) is 92.4 Å². The number of fused-ring (bicyclic) bond motifs is 3. The van der Waals surface area contributed by atoms with Gasteiger partial charge in [0.2, 0.25) is 0 Å². The molecule has 0 saturated heterocycles. The molecular weight excluding hydrogens is 322 g/mol. The van der Waals surface area contributed by atoms with Crippen molar-refractivity contribution in [1.82, 2.24) is 4.57 Å². The van der Waals surface area contributed by atoms with Crippen LogP contribution >= 0.6 is 0 Å². The Morgan fingerprint density at radius 1 is 1.00 bits per heavy atom. The highest BCUT2D eigenvalue weighted by atomic mass is 28.3. The first-order chi connectivity index (χ1) is 11.7. The molecule has 0 bridgehead atoms. The van der Waals surface area contributed by atoms with Crippen molar-refractivity contribution < 1.29 is 0 Å². The Balaban J connectivity index is 2.07. The van der Waals surface area contributed by atoms with Crippen LogP contribution in [0.3, 0.4) is 0 Å². The van der Waals surface area contributed by atoms with E-state index in [0.717, 1.165) is 0 Å². The van der Waals surface area contributed by atoms with Crippen molar-refractivity contribution in [3.05, 3.63) is 65.9 Å². The fourth-order valence-electron chi connectivity index (χ4n) is 5.06. The quantitative estimate of drug-likeness (QED) is 0.598. The molecule has 2 atom stereocenters. The van der Waals surface area contributed by atoms with Crippen LogP contribution in [0.15, 0.2) is 54.6 Å². The fraction of sp³-hybridized carbons (Fsp3) is 0.333. The van der Waals surface area contributed by atoms with Gasteiger partial charge in [0.25, 0.3) is 0 Å². The lowest BCUT2D eigenvalue weighted by molar-refractivity contribution is 0.775. The molecule has 0 fully saturated rings. The van der Waals surface area contributed by atoms with Gasteiger partial charge in [-0.2, -0.15) is 0 Å². The number of para-hydroxylation sites is 1. The van der Waals surface area contributed by atoms with Crippen LogP contribution in [0.5, 0.6) is 0 Å². The zero-order valence-electron chi connectivity index (χ0n) is 16.3. The Kier molecular flexibility index (Phi) is 3.35. The van der Waals surface area contributed by atoms with Gasteiger partial charge in [0, 0.05) is 28.2 Å². The van der Waals surface area contributed by atoms with Crippen LogP contribution in [-0.4, -0.2) is 22.6 Å². The van der Waals surface area contributed by atoms with Crippen LogP contribution in [0, 0.1) is 0 Å². The third-order valence-electron chi connectivity index (χ3n) is 5.98. The van der Waals surface area contributed by atoms with Crippen molar-refractivity contribution >= 4 is 32.9 Å². The second-order valence-electron chi connectivity index (χ2n) is 8.00. The highest BCUT2D eigenvalue weighted by Crippen LogP contribution is 2.48. The van der Waals surface area contributed by atoms with E-state index in [1.54, 1.807) is 5.19 Å². The Hall–Kier alpha value is -1.59. The topological polar surface area (TPSA) is 4.93 Å². The van der Waals surface area contributed by atoms with E-state index in [9.17, 15) is 0 Å². The third-order valence-corrected chi connectivity index (χ3v) is 12.2. The van der Waals surface area contributed by atoms with E-state index in [0.29, 0.717) is 11.1 Å². The van der Waals surface area contributed by atoms with Gasteiger partial charge in [0.05, 0.1) is 8.07 Å². The van der Waals surface area contributed by atoms with E-state index < -0.39 is 16.8 Å². The van der Waals surface area contributed by atoms with Crippen molar-refractivity contribution in [2.24, 2.45) is 7.05 Å². The summed E-state index contributed by atoms with van der Waals surface area (Å²) in [6.45, 7) is 9.50. The lowest BCUT2D eigenvalue weighted by Gasteiger charge is -2.33. The molecule has 0 N–H and O–H groups in total. The first kappa shape index (κ1) is 14.7. The monoisotopic (exact) mass is 350 g/mol. The molecule has 0 spiro atoms. The molecule has 24 heavy (non-hydrogen) atoms. The summed E-state index contributed by atoms with van der Waals surface area (Å²) in [5.41, 5.74) is 5.12. The van der Waals surface area contributed by atoms with Crippen LogP contribution in [0.25, 0.3) is 10.9 Å². The van der Waals surface area contributed by atoms with Gasteiger partial charge < -0.3 is 4.57 Å². The van der Waals surface area contributed by atoms with Gasteiger partial charge in [-0.05, 0) is 33.3 Å². The van der Waals surface area contributed by atoms with Crippen molar-refractivity contribution in [2.45, 2.75) is 37.3 Å². The summed E-state index contributed by atoms with van der Waals surface area (Å²) in [5, 5.41) is 3.04. The SMILES string of the molecule is [2H][Si](C)(C)[C@@H]1c2c(c3ccccc3n2C)[Si](C)(C)[C@H]1c1ccccc1. The average molecular weight is 351 g/mol. The largest absolute Gasteiger partial charge is 0.348 e. The van der Waals surface area contributed by atoms with E-state index in [4.69, 9.17) is 1.23 Å². The lowest BCUT2D eigenvalue weighted by Crippen LogP contribution is -2.44. The summed E-state index contributed by atoms with van der Waals surface area (Å²) in [7, 11) is -1.68. The molecule has 3 aromatic rings. The molecule has 2 aromatic carbocycles. The van der Waals surface area contributed by atoms with E-state index in [1.807, 2.05) is 0 Å². The van der Waals surface area contributed by atoms with Gasteiger partial charge in [-0.3, -0.25) is 0 Å². The van der Waals surface area contributed by atoms with Crippen LogP contribution in [0.1, 0.15) is 22.3 Å². The predicted molar refractivity (Wildman–Crippen MR) is 111 cm³/mol. The Morgan fingerprint density at radius 2 is 1.62 bits per heavy atom. The Labute approximate surface area is 149 Å². The highest BCUT2D eigenvalue weighted by Gasteiger charge is 2.52. The molecule has 4 rings (SSSR count). The molecule has 1 aliphatic heterocycles. The number of aryl methyl sites for hydroxylation is 1. The molecule has 0 saturated carbocycles. The summed E-state index contributed by atoms with van der Waals surface area (Å²) >= 11 is 0. The van der Waals surface area contributed by atoms with E-state index in [1.165, 1.54) is 22.2 Å². The average Bonchev–Trinajstić information content (AvgIpc) is 2.99. The second kappa shape index (κ2) is 5.46. The lowest BCUT2D eigenvalue weighted by atomic mass is 10.1. The van der Waals surface area contributed by atoms with Gasteiger partial charge in [-0.1, -0.05) is 74.7 Å². The van der Waals surface area contributed by atoms with Crippen molar-refractivity contribution in [1.29, 1.82) is 1.23 Å². The molecule has 1 aliphatic rings. The van der Waals surface area contributed by atoms with Gasteiger partial charge >= 0.3 is 0 Å². The number of aromatic nitrogens is 1. The van der Waals surface area contributed by atoms with Crippen LogP contribution in [-0.2, 0) is 7.05 Å². The zero-order valence-corrected chi connectivity index (χ0v) is 17.3. The summed E-state index contributed by atoms with van der Waals surface area (Å²) < 4.78 is 11.5. The molecular formula is C21H27NSi2. The summed E-state index contributed by atoms with van der Waals surface area (Å²) in [6.07, 6.45) is 0. The predicted octanol–water partition coefficient (Wildman–Crippen LogP) is 4.54. The molecule has 1 nitrogen and oxygen atoms in total. The minimum atomic E-state index is -2.14. The van der Waals surface area contributed by atoms with E-state index >= 15 is 0 Å². The van der Waals surface area contributed by atoms with Crippen molar-refractivity contribution in [3.8, 4) is 0 Å². The third kappa shape index (κ3) is 2.04. The number of hydrogen-bond donors (Lipinski definition) is 0. The number of nitrogens with zero attached hydrogens (tertiary/aromatic N) is 1. The zero-order chi connectivity index (χ0) is 18.0. The van der Waals surface area contributed by atoms with E-state index in [-0.39, 0.29) is 0 Å². The van der Waals surface area contributed by atoms with Gasteiger partial charge in [-0.25, -0.2) is 0 Å². The molecule has 3 heteroatoms. The van der Waals surface area contributed by atoms with Crippen LogP contribution in [0.4, 0.5) is 0 Å². The molecule has 2 heterocycles. The van der Waals surface area contributed by atoms with Crippen LogP contribution < -0.4 is 5.19 Å². The molecule has 0 amide bonds. The second-order valence-corrected chi connectivity index (χ2v) is 15.3. The van der Waals surface area contributed by atoms with Crippen molar-refractivity contribution in [3.63, 3.8) is 0 Å². The summed E-state index contributed by atoms with van der Waals surface area (Å²) in [6, 6.07) is 19.9. The first-order valence-corrected chi connectivity index (χ1v) is 14.5. The van der Waals surface area contributed by atoms with Crippen LogP contribution in [0.2, 0.25) is 26.2 Å². The van der Waals surface area contributed by atoms with Crippen molar-refractivity contribution in [2.75, 3.05) is 0 Å². The normalized spacial score (nSPS) is 23.3. The molecule has 0 aliphatic carbocycles. The minimum absolute atomic E-state index is 0.365. The van der Waals surface area contributed by atoms with Gasteiger partial charge in [0.15, 0.2) is 0 Å². The molecule has 124 valence electrons. The fourth-order valence-corrected chi connectivity index (χ4v) is 13.4. The molecule has 0 radical (unpaired) electrons. The van der Waals surface area contributed by atoms with Gasteiger partial charge in [-0.15, -0.1) is 0 Å². The summed E-state index contributed by atoms with van der Waals surface area (Å²) in [4.78, 5) is 0. The Bertz CT molecular complexity index is 938. The highest BCUT2D eigenvalue weighted by molar-refractivity contribution is 6.95. The standard InChI is InChI=1S/C21H27NSi2/c1-22-17-14-10-9-13-16(17)21-18(22)19(23(2)3)20(24(21,4)5)15-11-7-6-8-12-15/h6-14,19-20,23H,1-5H3/t19-,20+/m1/s1/i23D. The number of hydrogen-bond acceptors (Lipinski definition) is 0. The summed E-state index contributed by atoms with van der Waals surface area (Å²) in [5.74, 6) is 0. The maximum Gasteiger partial charge on any atom is 0.0915 e. The maximum atomic E-state index is 9.13. The molecule has 0 unspecified atom stereocenters. The smallest absolute Gasteiger partial charge is 0.0915 e. The maximum absolute atomic E-state index is 9.13. The minimum Gasteiger partial charge on any atom is -0.348 e. The number of benzene rings is 2.